The molecule has 1 aliphatic carbocycles. The lowest BCUT2D eigenvalue weighted by atomic mass is 10.0. The largest absolute Gasteiger partial charge is 0.352 e. The minimum atomic E-state index is 0.335. The predicted molar refractivity (Wildman–Crippen MR) is 136 cm³/mol. The molecule has 1 amide bonds. The molecule has 0 atom stereocenters. The minimum absolute atomic E-state index is 0.335. The van der Waals surface area contributed by atoms with Crippen LogP contribution in [0.2, 0.25) is 0 Å². The Bertz CT molecular complexity index is 1110. The lowest BCUT2D eigenvalue weighted by molar-refractivity contribution is -0.131. The number of thiophene rings is 1. The highest BCUT2D eigenvalue weighted by Crippen LogP contribution is 2.36. The first-order chi connectivity index (χ1) is 16.1. The lowest BCUT2D eigenvalue weighted by Crippen LogP contribution is -2.49. The van der Waals surface area contributed by atoms with Crippen molar-refractivity contribution in [1.82, 2.24) is 14.9 Å². The van der Waals surface area contributed by atoms with E-state index < -0.39 is 0 Å². The second-order valence-corrected chi connectivity index (χ2v) is 10.8. The molecule has 5 rings (SSSR count). The summed E-state index contributed by atoms with van der Waals surface area (Å²) in [5, 5.41) is 1.19. The van der Waals surface area contributed by atoms with Gasteiger partial charge in [-0.3, -0.25) is 4.79 Å². The molecule has 174 valence electrons. The Kier molecular flexibility index (Phi) is 6.63. The number of carbonyl (C=O) groups excluding carboxylic acids is 1. The normalized spacial score (nSPS) is 17.3. The molecular weight excluding hydrogens is 428 g/mol. The second-order valence-electron chi connectivity index (χ2n) is 9.65. The van der Waals surface area contributed by atoms with Gasteiger partial charge >= 0.3 is 0 Å². The number of aromatic nitrogens is 2. The lowest BCUT2D eigenvalue weighted by Gasteiger charge is -2.36. The van der Waals surface area contributed by atoms with Gasteiger partial charge in [0.1, 0.15) is 16.5 Å². The maximum atomic E-state index is 12.8. The van der Waals surface area contributed by atoms with Gasteiger partial charge in [0, 0.05) is 43.9 Å². The standard InChI is InChI=1S/C27H34N4OS/c1-19-20(2)33-27-25(19)26(28-23(29-27)18-22-10-4-3-5-11-22)31-16-14-30(15-17-31)24(32)13-12-21-8-6-7-9-21/h3-5,10-11,21H,6-9,12-18H2,1-2H3. The first-order valence-corrected chi connectivity index (χ1v) is 13.2. The van der Waals surface area contributed by atoms with Crippen LogP contribution in [-0.2, 0) is 11.2 Å². The van der Waals surface area contributed by atoms with E-state index in [0.717, 1.165) is 61.4 Å². The molecule has 33 heavy (non-hydrogen) atoms. The topological polar surface area (TPSA) is 49.3 Å². The molecule has 5 nitrogen and oxygen atoms in total. The average Bonchev–Trinajstić information content (AvgIpc) is 3.46. The number of aryl methyl sites for hydroxylation is 2. The van der Waals surface area contributed by atoms with Gasteiger partial charge in [-0.2, -0.15) is 0 Å². The Morgan fingerprint density at radius 1 is 1.03 bits per heavy atom. The number of rotatable bonds is 6. The van der Waals surface area contributed by atoms with E-state index in [1.165, 1.54) is 47.1 Å². The van der Waals surface area contributed by atoms with Crippen LogP contribution in [0.4, 0.5) is 5.82 Å². The van der Waals surface area contributed by atoms with E-state index in [9.17, 15) is 4.79 Å². The van der Waals surface area contributed by atoms with Crippen molar-refractivity contribution >= 4 is 33.3 Å². The first-order valence-electron chi connectivity index (χ1n) is 12.4. The molecule has 3 heterocycles. The summed E-state index contributed by atoms with van der Waals surface area (Å²) in [7, 11) is 0. The van der Waals surface area contributed by atoms with Crippen LogP contribution in [0.25, 0.3) is 10.2 Å². The summed E-state index contributed by atoms with van der Waals surface area (Å²) in [6, 6.07) is 10.4. The fourth-order valence-corrected chi connectivity index (χ4v) is 6.35. The number of amides is 1. The van der Waals surface area contributed by atoms with Crippen molar-refractivity contribution in [3.8, 4) is 0 Å². The van der Waals surface area contributed by atoms with Gasteiger partial charge in [-0.05, 0) is 37.3 Å². The summed E-state index contributed by atoms with van der Waals surface area (Å²) in [6.07, 6.45) is 7.84. The number of hydrogen-bond donors (Lipinski definition) is 0. The average molecular weight is 463 g/mol. The van der Waals surface area contributed by atoms with Crippen LogP contribution in [0.3, 0.4) is 0 Å². The number of carbonyl (C=O) groups is 1. The Balaban J connectivity index is 1.32. The van der Waals surface area contributed by atoms with E-state index >= 15 is 0 Å². The molecule has 0 bridgehead atoms. The van der Waals surface area contributed by atoms with Gasteiger partial charge in [0.2, 0.25) is 5.91 Å². The van der Waals surface area contributed by atoms with E-state index in [2.05, 4.69) is 47.9 Å². The zero-order valence-electron chi connectivity index (χ0n) is 19.8. The number of anilines is 1. The summed E-state index contributed by atoms with van der Waals surface area (Å²) < 4.78 is 0. The molecule has 1 aliphatic heterocycles. The zero-order valence-corrected chi connectivity index (χ0v) is 20.7. The molecule has 0 spiro atoms. The van der Waals surface area contributed by atoms with Crippen LogP contribution in [0.1, 0.15) is 60.4 Å². The maximum Gasteiger partial charge on any atom is 0.222 e. The van der Waals surface area contributed by atoms with Crippen molar-refractivity contribution in [2.45, 2.75) is 58.8 Å². The van der Waals surface area contributed by atoms with Crippen molar-refractivity contribution in [2.75, 3.05) is 31.1 Å². The Morgan fingerprint density at radius 3 is 2.48 bits per heavy atom. The summed E-state index contributed by atoms with van der Waals surface area (Å²) in [4.78, 5) is 29.6. The van der Waals surface area contributed by atoms with Crippen LogP contribution < -0.4 is 4.90 Å². The molecule has 3 aromatic rings. The molecule has 2 aromatic heterocycles. The molecule has 0 unspecified atom stereocenters. The van der Waals surface area contributed by atoms with Gasteiger partial charge in [-0.15, -0.1) is 11.3 Å². The van der Waals surface area contributed by atoms with Crippen molar-refractivity contribution in [3.63, 3.8) is 0 Å². The van der Waals surface area contributed by atoms with Crippen molar-refractivity contribution in [3.05, 3.63) is 52.2 Å². The highest BCUT2D eigenvalue weighted by atomic mass is 32.1. The highest BCUT2D eigenvalue weighted by molar-refractivity contribution is 7.18. The summed E-state index contributed by atoms with van der Waals surface area (Å²) >= 11 is 1.76. The zero-order chi connectivity index (χ0) is 22.8. The molecule has 0 N–H and O–H groups in total. The Labute approximate surface area is 200 Å². The minimum Gasteiger partial charge on any atom is -0.352 e. The summed E-state index contributed by atoms with van der Waals surface area (Å²) in [5.41, 5.74) is 2.51. The number of nitrogens with zero attached hydrogens (tertiary/aromatic N) is 4. The number of benzene rings is 1. The van der Waals surface area contributed by atoms with Gasteiger partial charge < -0.3 is 9.80 Å². The van der Waals surface area contributed by atoms with E-state index in [1.54, 1.807) is 11.3 Å². The second kappa shape index (κ2) is 9.80. The third kappa shape index (κ3) is 4.91. The molecule has 2 fully saturated rings. The SMILES string of the molecule is Cc1sc2nc(Cc3ccccc3)nc(N3CCN(C(=O)CCC4CCCC4)CC3)c2c1C. The fraction of sp³-hybridized carbons (Fsp3) is 0.519. The van der Waals surface area contributed by atoms with Crippen molar-refractivity contribution < 1.29 is 4.79 Å². The fourth-order valence-electron chi connectivity index (χ4n) is 5.31. The molecule has 0 radical (unpaired) electrons. The number of piperazine rings is 1. The summed E-state index contributed by atoms with van der Waals surface area (Å²) in [6.45, 7) is 7.58. The maximum absolute atomic E-state index is 12.8. The van der Waals surface area contributed by atoms with Crippen LogP contribution in [-0.4, -0.2) is 47.0 Å². The van der Waals surface area contributed by atoms with Crippen molar-refractivity contribution in [2.24, 2.45) is 5.92 Å². The van der Waals surface area contributed by atoms with Gasteiger partial charge in [0.15, 0.2) is 0 Å². The monoisotopic (exact) mass is 462 g/mol. The quantitative estimate of drug-likeness (QED) is 0.484. The van der Waals surface area contributed by atoms with Crippen LogP contribution >= 0.6 is 11.3 Å². The first kappa shape index (κ1) is 22.3. The molecule has 6 heteroatoms. The molecule has 1 saturated carbocycles. The molecular formula is C27H34N4OS. The van der Waals surface area contributed by atoms with E-state index in [-0.39, 0.29) is 0 Å². The smallest absolute Gasteiger partial charge is 0.222 e. The van der Waals surface area contributed by atoms with Gasteiger partial charge in [-0.25, -0.2) is 9.97 Å². The third-order valence-electron chi connectivity index (χ3n) is 7.43. The molecule has 1 saturated heterocycles. The van der Waals surface area contributed by atoms with Crippen LogP contribution in [0, 0.1) is 19.8 Å². The van der Waals surface area contributed by atoms with E-state index in [0.29, 0.717) is 12.3 Å². The third-order valence-corrected chi connectivity index (χ3v) is 8.54. The van der Waals surface area contributed by atoms with E-state index in [1.807, 2.05) is 6.07 Å². The van der Waals surface area contributed by atoms with Gasteiger partial charge in [0.05, 0.1) is 5.39 Å². The van der Waals surface area contributed by atoms with Gasteiger partial charge in [0.25, 0.3) is 0 Å². The number of fused-ring (bicyclic) bond motifs is 1. The van der Waals surface area contributed by atoms with Crippen molar-refractivity contribution in [1.29, 1.82) is 0 Å². The molecule has 1 aromatic carbocycles. The molecule has 2 aliphatic rings. The Morgan fingerprint density at radius 2 is 1.76 bits per heavy atom. The van der Waals surface area contributed by atoms with Crippen LogP contribution in [0.15, 0.2) is 30.3 Å². The Hall–Kier alpha value is -2.47. The highest BCUT2D eigenvalue weighted by Gasteiger charge is 2.26. The predicted octanol–water partition coefficient (Wildman–Crippen LogP) is 5.52. The summed E-state index contributed by atoms with van der Waals surface area (Å²) in [5.74, 6) is 3.03. The van der Waals surface area contributed by atoms with Crippen LogP contribution in [0.5, 0.6) is 0 Å². The number of hydrogen-bond acceptors (Lipinski definition) is 5. The van der Waals surface area contributed by atoms with E-state index in [4.69, 9.17) is 9.97 Å². The van der Waals surface area contributed by atoms with Gasteiger partial charge in [-0.1, -0.05) is 56.0 Å².